The summed E-state index contributed by atoms with van der Waals surface area (Å²) in [6, 6.07) is 6.66. The van der Waals surface area contributed by atoms with Crippen molar-refractivity contribution in [3.63, 3.8) is 0 Å². The number of halogens is 1. The summed E-state index contributed by atoms with van der Waals surface area (Å²) in [5.41, 5.74) is 2.32. The van der Waals surface area contributed by atoms with E-state index >= 15 is 0 Å². The van der Waals surface area contributed by atoms with Gasteiger partial charge < -0.3 is 10.2 Å². The van der Waals surface area contributed by atoms with Gasteiger partial charge in [0.05, 0.1) is 10.7 Å². The molecule has 1 atom stereocenters. The van der Waals surface area contributed by atoms with Crippen molar-refractivity contribution in [2.75, 3.05) is 24.5 Å². The van der Waals surface area contributed by atoms with Crippen LogP contribution in [-0.4, -0.2) is 19.6 Å². The van der Waals surface area contributed by atoms with Crippen molar-refractivity contribution in [2.24, 2.45) is 0 Å². The maximum Gasteiger partial charge on any atom is 0.0643 e. The molecule has 0 aromatic heterocycles. The molecule has 0 bridgehead atoms. The molecule has 3 heteroatoms. The number of hydrogen-bond acceptors (Lipinski definition) is 2. The molecule has 0 spiro atoms. The maximum atomic E-state index is 6.44. The minimum Gasteiger partial charge on any atom is -0.367 e. The minimum atomic E-state index is 0.329. The molecule has 0 radical (unpaired) electrons. The van der Waals surface area contributed by atoms with Gasteiger partial charge in [-0.2, -0.15) is 0 Å². The van der Waals surface area contributed by atoms with Crippen LogP contribution in [0.25, 0.3) is 0 Å². The van der Waals surface area contributed by atoms with Gasteiger partial charge in [-0.15, -0.1) is 6.58 Å². The Hall–Kier alpha value is -0.990. The summed E-state index contributed by atoms with van der Waals surface area (Å²) >= 11 is 6.44. The normalized spacial score (nSPS) is 12.2. The average Bonchev–Trinajstić information content (AvgIpc) is 2.39. The number of benzene rings is 1. The lowest BCUT2D eigenvalue weighted by Crippen LogP contribution is -2.24. The highest BCUT2D eigenvalue weighted by molar-refractivity contribution is 6.33. The second-order valence-corrected chi connectivity index (χ2v) is 5.13. The van der Waals surface area contributed by atoms with Crippen molar-refractivity contribution >= 4 is 17.3 Å². The summed E-state index contributed by atoms with van der Waals surface area (Å²) in [5, 5.41) is 4.22. The summed E-state index contributed by atoms with van der Waals surface area (Å²) in [6.07, 6.45) is 3.01. The molecule has 0 saturated carbocycles. The Bertz CT molecular complexity index is 404. The quantitative estimate of drug-likeness (QED) is 0.710. The first-order valence-corrected chi connectivity index (χ1v) is 7.40. The number of anilines is 1. The highest BCUT2D eigenvalue weighted by atomic mass is 35.5. The average molecular weight is 281 g/mol. The molecule has 1 unspecified atom stereocenters. The fourth-order valence-electron chi connectivity index (χ4n) is 2.21. The Balaban J connectivity index is 2.94. The Morgan fingerprint density at radius 3 is 2.68 bits per heavy atom. The van der Waals surface area contributed by atoms with Gasteiger partial charge in [0.2, 0.25) is 0 Å². The zero-order valence-corrected chi connectivity index (χ0v) is 13.0. The molecule has 0 aliphatic heterocycles. The minimum absolute atomic E-state index is 0.329. The van der Waals surface area contributed by atoms with E-state index in [2.05, 4.69) is 55.8 Å². The first kappa shape index (κ1) is 16.1. The largest absolute Gasteiger partial charge is 0.367 e. The van der Waals surface area contributed by atoms with Crippen LogP contribution in [0.3, 0.4) is 0 Å². The van der Waals surface area contributed by atoms with Crippen molar-refractivity contribution in [2.45, 2.75) is 33.2 Å². The zero-order chi connectivity index (χ0) is 14.3. The summed E-state index contributed by atoms with van der Waals surface area (Å²) in [5.74, 6) is 0. The molecular formula is C16H25ClN2. The molecule has 19 heavy (non-hydrogen) atoms. The number of rotatable bonds is 8. The molecule has 2 nitrogen and oxygen atoms in total. The van der Waals surface area contributed by atoms with Gasteiger partial charge in [0, 0.05) is 19.1 Å². The van der Waals surface area contributed by atoms with E-state index in [1.807, 2.05) is 6.08 Å². The highest BCUT2D eigenvalue weighted by Gasteiger charge is 2.11. The van der Waals surface area contributed by atoms with Crippen LogP contribution in [0, 0.1) is 0 Å². The van der Waals surface area contributed by atoms with Gasteiger partial charge in [0.15, 0.2) is 0 Å². The van der Waals surface area contributed by atoms with Gasteiger partial charge in [-0.1, -0.05) is 37.6 Å². The number of nitrogens with one attached hydrogen (secondary N) is 1. The van der Waals surface area contributed by atoms with E-state index in [1.54, 1.807) is 0 Å². The Labute approximate surface area is 122 Å². The van der Waals surface area contributed by atoms with Crippen LogP contribution in [0.4, 0.5) is 5.69 Å². The second kappa shape index (κ2) is 8.23. The van der Waals surface area contributed by atoms with Crippen LogP contribution in [0.5, 0.6) is 0 Å². The van der Waals surface area contributed by atoms with Crippen LogP contribution in [0.2, 0.25) is 5.02 Å². The molecule has 0 amide bonds. The summed E-state index contributed by atoms with van der Waals surface area (Å²) in [6.45, 7) is 13.0. The van der Waals surface area contributed by atoms with Gasteiger partial charge in [-0.3, -0.25) is 0 Å². The van der Waals surface area contributed by atoms with E-state index in [9.17, 15) is 0 Å². The van der Waals surface area contributed by atoms with Crippen molar-refractivity contribution in [1.82, 2.24) is 5.32 Å². The third kappa shape index (κ3) is 4.55. The van der Waals surface area contributed by atoms with Crippen molar-refractivity contribution in [3.8, 4) is 0 Å². The van der Waals surface area contributed by atoms with Gasteiger partial charge >= 0.3 is 0 Å². The number of nitrogens with zero attached hydrogens (tertiary/aromatic N) is 1. The number of hydrogen-bond donors (Lipinski definition) is 1. The molecule has 0 aliphatic carbocycles. The van der Waals surface area contributed by atoms with Crippen LogP contribution >= 0.6 is 11.6 Å². The zero-order valence-electron chi connectivity index (χ0n) is 12.2. The Morgan fingerprint density at radius 1 is 1.42 bits per heavy atom. The van der Waals surface area contributed by atoms with Gasteiger partial charge in [0.1, 0.15) is 0 Å². The lowest BCUT2D eigenvalue weighted by Gasteiger charge is -2.25. The van der Waals surface area contributed by atoms with Crippen molar-refractivity contribution in [1.29, 1.82) is 0 Å². The van der Waals surface area contributed by atoms with E-state index in [4.69, 9.17) is 11.6 Å². The molecule has 1 N–H and O–H groups in total. The first-order valence-electron chi connectivity index (χ1n) is 7.02. The smallest absolute Gasteiger partial charge is 0.0643 e. The van der Waals surface area contributed by atoms with E-state index in [-0.39, 0.29) is 0 Å². The van der Waals surface area contributed by atoms with Crippen molar-refractivity contribution in [3.05, 3.63) is 41.4 Å². The van der Waals surface area contributed by atoms with Crippen LogP contribution in [0.1, 0.15) is 38.8 Å². The molecule has 0 fully saturated rings. The Kier molecular flexibility index (Phi) is 6.96. The second-order valence-electron chi connectivity index (χ2n) is 4.72. The molecule has 0 saturated heterocycles. The van der Waals surface area contributed by atoms with Crippen molar-refractivity contribution < 1.29 is 0 Å². The topological polar surface area (TPSA) is 15.3 Å². The lowest BCUT2D eigenvalue weighted by atomic mass is 10.1. The SMILES string of the molecule is C=CCN(CCC)c1ccc(C(C)NCC)cc1Cl. The van der Waals surface area contributed by atoms with Crippen LogP contribution < -0.4 is 10.2 Å². The predicted molar refractivity (Wildman–Crippen MR) is 86.2 cm³/mol. The van der Waals surface area contributed by atoms with Gasteiger partial charge in [-0.25, -0.2) is 0 Å². The Morgan fingerprint density at radius 2 is 2.16 bits per heavy atom. The summed E-state index contributed by atoms with van der Waals surface area (Å²) < 4.78 is 0. The third-order valence-electron chi connectivity index (χ3n) is 3.17. The fraction of sp³-hybridized carbons (Fsp3) is 0.500. The maximum absolute atomic E-state index is 6.44. The van der Waals surface area contributed by atoms with Crippen LogP contribution in [0.15, 0.2) is 30.9 Å². The highest BCUT2D eigenvalue weighted by Crippen LogP contribution is 2.29. The summed E-state index contributed by atoms with van der Waals surface area (Å²) in [4.78, 5) is 2.26. The van der Waals surface area contributed by atoms with Gasteiger partial charge in [0.25, 0.3) is 0 Å². The third-order valence-corrected chi connectivity index (χ3v) is 3.47. The monoisotopic (exact) mass is 280 g/mol. The molecule has 1 aromatic rings. The lowest BCUT2D eigenvalue weighted by molar-refractivity contribution is 0.598. The fourth-order valence-corrected chi connectivity index (χ4v) is 2.52. The predicted octanol–water partition coefficient (Wildman–Crippen LogP) is 4.41. The van der Waals surface area contributed by atoms with E-state index < -0.39 is 0 Å². The van der Waals surface area contributed by atoms with E-state index in [0.29, 0.717) is 6.04 Å². The molecule has 106 valence electrons. The molecule has 0 heterocycles. The molecule has 1 rings (SSSR count). The van der Waals surface area contributed by atoms with Crippen LogP contribution in [-0.2, 0) is 0 Å². The van der Waals surface area contributed by atoms with E-state index in [1.165, 1.54) is 5.56 Å². The molecule has 0 aliphatic rings. The molecule has 1 aromatic carbocycles. The molecular weight excluding hydrogens is 256 g/mol. The standard InChI is InChI=1S/C16H25ClN2/c1-5-10-19(11-6-2)16-9-8-14(12-15(16)17)13(4)18-7-3/h5,8-9,12-13,18H,1,6-7,10-11H2,2-4H3. The first-order chi connectivity index (χ1) is 9.13. The summed E-state index contributed by atoms with van der Waals surface area (Å²) in [7, 11) is 0. The van der Waals surface area contributed by atoms with Gasteiger partial charge in [-0.05, 0) is 37.6 Å². The van der Waals surface area contributed by atoms with E-state index in [0.717, 1.165) is 36.8 Å².